The minimum atomic E-state index is -3.93. The lowest BCUT2D eigenvalue weighted by Gasteiger charge is -2.14. The number of alkyl halides is 1. The second-order valence-corrected chi connectivity index (χ2v) is 9.03. The van der Waals surface area contributed by atoms with Crippen LogP contribution >= 0.6 is 34.8 Å². The van der Waals surface area contributed by atoms with Gasteiger partial charge in [0.15, 0.2) is 5.75 Å². The van der Waals surface area contributed by atoms with Gasteiger partial charge >= 0.3 is 0 Å². The van der Waals surface area contributed by atoms with E-state index in [1.54, 1.807) is 0 Å². The van der Waals surface area contributed by atoms with Gasteiger partial charge in [-0.1, -0.05) is 23.2 Å². The van der Waals surface area contributed by atoms with Crippen molar-refractivity contribution in [3.63, 3.8) is 0 Å². The Hall–Kier alpha value is -1.26. The minimum Gasteiger partial charge on any atom is -0.491 e. The van der Waals surface area contributed by atoms with Crippen LogP contribution in [0.25, 0.3) is 0 Å². The Morgan fingerprint density at radius 2 is 1.45 bits per heavy atom. The summed E-state index contributed by atoms with van der Waals surface area (Å²) in [6.07, 6.45) is -1.96. The van der Waals surface area contributed by atoms with E-state index in [1.165, 1.54) is 36.4 Å². The quantitative estimate of drug-likeness (QED) is 0.443. The largest absolute Gasteiger partial charge is 0.491 e. The van der Waals surface area contributed by atoms with Crippen molar-refractivity contribution in [1.29, 1.82) is 0 Å². The lowest BCUT2D eigenvalue weighted by molar-refractivity contribution is 0.0536. The number of rotatable bonds is 10. The van der Waals surface area contributed by atoms with Crippen LogP contribution in [-0.2, 0) is 9.84 Å². The molecule has 0 unspecified atom stereocenters. The summed E-state index contributed by atoms with van der Waals surface area (Å²) in [6, 6.07) is 7.97. The van der Waals surface area contributed by atoms with Crippen LogP contribution in [0.15, 0.2) is 46.2 Å². The molecule has 0 heterocycles. The molecule has 0 saturated carbocycles. The van der Waals surface area contributed by atoms with Gasteiger partial charge in [0.05, 0.1) is 32.3 Å². The maximum atomic E-state index is 12.9. The van der Waals surface area contributed by atoms with Gasteiger partial charge in [0.1, 0.15) is 31.2 Å². The average molecular weight is 486 g/mol. The number of aliphatic hydroxyl groups excluding tert-OH is 3. The normalized spacial score (nSPS) is 13.7. The van der Waals surface area contributed by atoms with E-state index in [1.807, 2.05) is 0 Å². The van der Waals surface area contributed by atoms with Gasteiger partial charge < -0.3 is 24.8 Å². The van der Waals surface area contributed by atoms with Crippen molar-refractivity contribution in [2.75, 3.05) is 25.7 Å². The zero-order valence-corrected chi connectivity index (χ0v) is 18.0. The van der Waals surface area contributed by atoms with Gasteiger partial charge in [-0.05, 0) is 36.4 Å². The summed E-state index contributed by atoms with van der Waals surface area (Å²) in [4.78, 5) is -0.159. The van der Waals surface area contributed by atoms with Gasteiger partial charge in [0, 0.05) is 0 Å². The van der Waals surface area contributed by atoms with E-state index >= 15 is 0 Å². The molecular weight excluding hydrogens is 467 g/mol. The highest BCUT2D eigenvalue weighted by Gasteiger charge is 2.22. The van der Waals surface area contributed by atoms with Crippen LogP contribution in [0.4, 0.5) is 0 Å². The van der Waals surface area contributed by atoms with E-state index in [-0.39, 0.29) is 44.7 Å². The lowest BCUT2D eigenvalue weighted by Crippen LogP contribution is -2.21. The molecular formula is C18H19Cl3O7S. The van der Waals surface area contributed by atoms with E-state index in [0.29, 0.717) is 5.75 Å². The first-order valence-electron chi connectivity index (χ1n) is 8.31. The van der Waals surface area contributed by atoms with Crippen LogP contribution in [0.2, 0.25) is 10.0 Å². The highest BCUT2D eigenvalue weighted by atomic mass is 35.5. The highest BCUT2D eigenvalue weighted by molar-refractivity contribution is 7.91. The molecule has 2 rings (SSSR count). The molecule has 2 aromatic rings. The van der Waals surface area contributed by atoms with Crippen LogP contribution in [0.1, 0.15) is 0 Å². The summed E-state index contributed by atoms with van der Waals surface area (Å²) in [6.45, 7) is -0.790. The van der Waals surface area contributed by atoms with Crippen molar-refractivity contribution in [2.24, 2.45) is 0 Å². The van der Waals surface area contributed by atoms with Crippen molar-refractivity contribution >= 4 is 44.6 Å². The van der Waals surface area contributed by atoms with Crippen molar-refractivity contribution in [3.05, 3.63) is 46.4 Å². The fraction of sp³-hybridized carbons (Fsp3) is 0.333. The van der Waals surface area contributed by atoms with Crippen molar-refractivity contribution in [2.45, 2.75) is 22.0 Å². The molecule has 0 radical (unpaired) electrons. The molecule has 0 fully saturated rings. The fourth-order valence-corrected chi connectivity index (χ4v) is 4.28. The molecule has 0 aliphatic rings. The molecule has 0 aromatic heterocycles. The molecule has 0 aliphatic carbocycles. The summed E-state index contributed by atoms with van der Waals surface area (Å²) in [7, 11) is -3.93. The number of benzene rings is 2. The van der Waals surface area contributed by atoms with E-state index in [9.17, 15) is 18.6 Å². The monoisotopic (exact) mass is 484 g/mol. The van der Waals surface area contributed by atoms with Gasteiger partial charge in [-0.3, -0.25) is 0 Å². The molecule has 0 bridgehead atoms. The third-order valence-electron chi connectivity index (χ3n) is 3.67. The zero-order valence-electron chi connectivity index (χ0n) is 15.0. The molecule has 3 N–H and O–H groups in total. The molecule has 7 nitrogen and oxygen atoms in total. The summed E-state index contributed by atoms with van der Waals surface area (Å²) in [5, 5.41) is 27.4. The van der Waals surface area contributed by atoms with Crippen LogP contribution in [0.5, 0.6) is 11.5 Å². The zero-order chi connectivity index (χ0) is 21.6. The van der Waals surface area contributed by atoms with Crippen LogP contribution in [-0.4, -0.2) is 61.6 Å². The van der Waals surface area contributed by atoms with Crippen LogP contribution < -0.4 is 9.47 Å². The minimum absolute atomic E-state index is 0.00128. The number of aliphatic hydroxyl groups is 3. The van der Waals surface area contributed by atoms with Crippen molar-refractivity contribution < 1.29 is 33.2 Å². The second-order valence-electron chi connectivity index (χ2n) is 5.96. The Labute approximate surface area is 183 Å². The third kappa shape index (κ3) is 6.36. The summed E-state index contributed by atoms with van der Waals surface area (Å²) in [5.41, 5.74) is 0. The molecule has 160 valence electrons. The maximum absolute atomic E-state index is 12.9. The number of hydrogen-bond acceptors (Lipinski definition) is 7. The van der Waals surface area contributed by atoms with Gasteiger partial charge in [0.25, 0.3) is 0 Å². The molecule has 29 heavy (non-hydrogen) atoms. The third-order valence-corrected chi connectivity index (χ3v) is 6.33. The second kappa shape index (κ2) is 10.7. The Morgan fingerprint density at radius 3 is 1.97 bits per heavy atom. The first-order chi connectivity index (χ1) is 13.7. The Balaban J connectivity index is 2.22. The Bertz CT molecular complexity index is 897. The van der Waals surface area contributed by atoms with Gasteiger partial charge in [-0.15, -0.1) is 11.6 Å². The van der Waals surface area contributed by atoms with Gasteiger partial charge in [-0.2, -0.15) is 0 Å². The summed E-state index contributed by atoms with van der Waals surface area (Å²) in [5.74, 6) is 0.392. The predicted molar refractivity (Wildman–Crippen MR) is 109 cm³/mol. The molecule has 2 aromatic carbocycles. The Morgan fingerprint density at radius 1 is 0.897 bits per heavy atom. The van der Waals surface area contributed by atoms with Gasteiger partial charge in [-0.25, -0.2) is 8.42 Å². The van der Waals surface area contributed by atoms with E-state index in [0.717, 1.165) is 0 Å². The molecule has 0 spiro atoms. The van der Waals surface area contributed by atoms with Crippen molar-refractivity contribution in [1.82, 2.24) is 0 Å². The number of sulfone groups is 1. The average Bonchev–Trinajstić information content (AvgIpc) is 2.71. The van der Waals surface area contributed by atoms with E-state index in [4.69, 9.17) is 49.4 Å². The van der Waals surface area contributed by atoms with Gasteiger partial charge in [0.2, 0.25) is 9.84 Å². The molecule has 0 saturated heterocycles. The SMILES string of the molecule is O=S(=O)(c1ccc(OC[C@@H](O)CCl)cc1)c1cc(Cl)c(OC[C@@H](O)CO)c(Cl)c1. The predicted octanol–water partition coefficient (Wildman–Crippen LogP) is 2.54. The van der Waals surface area contributed by atoms with Crippen LogP contribution in [0, 0.1) is 0 Å². The lowest BCUT2D eigenvalue weighted by atomic mass is 10.3. The van der Waals surface area contributed by atoms with Crippen molar-refractivity contribution in [3.8, 4) is 11.5 Å². The van der Waals surface area contributed by atoms with E-state index < -0.39 is 28.7 Å². The first-order valence-corrected chi connectivity index (χ1v) is 11.1. The molecule has 0 aliphatic heterocycles. The number of ether oxygens (including phenoxy) is 2. The number of halogens is 3. The smallest absolute Gasteiger partial charge is 0.206 e. The summed E-state index contributed by atoms with van der Waals surface area (Å²) >= 11 is 17.7. The maximum Gasteiger partial charge on any atom is 0.206 e. The van der Waals surface area contributed by atoms with E-state index in [2.05, 4.69) is 0 Å². The molecule has 11 heteroatoms. The first kappa shape index (κ1) is 24.0. The Kier molecular flexibility index (Phi) is 8.84. The number of hydrogen-bond donors (Lipinski definition) is 3. The summed E-state index contributed by atoms with van der Waals surface area (Å²) < 4.78 is 36.3. The topological polar surface area (TPSA) is 113 Å². The van der Waals surface area contributed by atoms with Crippen LogP contribution in [0.3, 0.4) is 0 Å². The molecule has 0 amide bonds. The fourth-order valence-electron chi connectivity index (χ4n) is 2.15. The standard InChI is InChI=1S/C18H19Cl3O7S/c19-7-11(23)9-27-13-1-3-14(4-2-13)29(25,26)15-5-16(20)18(17(21)6-15)28-10-12(24)8-22/h1-6,11-12,22-24H,7-10H2/t11-,12-/m0/s1. The molecule has 2 atom stereocenters. The highest BCUT2D eigenvalue weighted by Crippen LogP contribution is 2.37.